The Labute approximate surface area is 163 Å². The topological polar surface area (TPSA) is 9.23 Å². The lowest BCUT2D eigenvalue weighted by atomic mass is 9.77. The van der Waals surface area contributed by atoms with E-state index in [1.54, 1.807) is 0 Å². The molecule has 150 valence electrons. The highest BCUT2D eigenvalue weighted by Gasteiger charge is 2.33. The zero-order valence-corrected chi connectivity index (χ0v) is 16.6. The van der Waals surface area contributed by atoms with E-state index in [0.717, 1.165) is 50.5 Å². The van der Waals surface area contributed by atoms with Gasteiger partial charge in [0.25, 0.3) is 6.43 Å². The van der Waals surface area contributed by atoms with E-state index in [0.29, 0.717) is 5.92 Å². The molecule has 1 unspecified atom stereocenters. The first-order valence-corrected chi connectivity index (χ1v) is 10.3. The molecule has 0 saturated heterocycles. The molecule has 1 nitrogen and oxygen atoms in total. The van der Waals surface area contributed by atoms with Crippen molar-refractivity contribution in [3.05, 3.63) is 60.2 Å². The monoisotopic (exact) mass is 376 g/mol. The molecule has 0 spiro atoms. The van der Waals surface area contributed by atoms with Crippen LogP contribution in [0.2, 0.25) is 0 Å². The zero-order chi connectivity index (χ0) is 19.5. The SMILES string of the molecule is C=CCCc1ccc(COC(C(F)F)C2CCC(CC/C=C/C)CC2)cc1. The van der Waals surface area contributed by atoms with E-state index < -0.39 is 12.5 Å². The summed E-state index contributed by atoms with van der Waals surface area (Å²) in [6.45, 7) is 6.03. The van der Waals surface area contributed by atoms with Crippen molar-refractivity contribution in [1.82, 2.24) is 0 Å². The quantitative estimate of drug-likeness (QED) is 0.374. The number of alkyl halides is 2. The van der Waals surface area contributed by atoms with Crippen LogP contribution in [0.1, 0.15) is 63.0 Å². The molecule has 1 atom stereocenters. The number of ether oxygens (including phenoxy) is 1. The maximum Gasteiger partial charge on any atom is 0.264 e. The number of halogens is 2. The maximum absolute atomic E-state index is 13.6. The molecule has 2 rings (SSSR count). The second-order valence-electron chi connectivity index (χ2n) is 7.68. The summed E-state index contributed by atoms with van der Waals surface area (Å²) in [5, 5.41) is 0. The number of hydrogen-bond donors (Lipinski definition) is 0. The van der Waals surface area contributed by atoms with Crippen molar-refractivity contribution in [1.29, 1.82) is 0 Å². The second kappa shape index (κ2) is 12.1. The van der Waals surface area contributed by atoms with Crippen molar-refractivity contribution in [2.24, 2.45) is 11.8 Å². The highest BCUT2D eigenvalue weighted by Crippen LogP contribution is 2.36. The fourth-order valence-corrected chi connectivity index (χ4v) is 3.98. The van der Waals surface area contributed by atoms with Gasteiger partial charge in [-0.1, -0.05) is 55.3 Å². The number of aryl methyl sites for hydroxylation is 1. The Bertz CT molecular complexity index is 556. The summed E-state index contributed by atoms with van der Waals surface area (Å²) in [5.41, 5.74) is 2.20. The van der Waals surface area contributed by atoms with Crippen molar-refractivity contribution in [3.63, 3.8) is 0 Å². The van der Waals surface area contributed by atoms with Crippen LogP contribution < -0.4 is 0 Å². The van der Waals surface area contributed by atoms with Crippen molar-refractivity contribution in [3.8, 4) is 0 Å². The predicted molar refractivity (Wildman–Crippen MR) is 109 cm³/mol. The lowest BCUT2D eigenvalue weighted by Gasteiger charge is -2.33. The summed E-state index contributed by atoms with van der Waals surface area (Å²) in [6.07, 6.45) is 10.8. The van der Waals surface area contributed by atoms with Gasteiger partial charge in [-0.3, -0.25) is 0 Å². The van der Waals surface area contributed by atoms with Crippen LogP contribution in [0.3, 0.4) is 0 Å². The van der Waals surface area contributed by atoms with Gasteiger partial charge in [0.1, 0.15) is 6.10 Å². The van der Waals surface area contributed by atoms with Gasteiger partial charge in [0.15, 0.2) is 0 Å². The number of rotatable bonds is 11. The fourth-order valence-electron chi connectivity index (χ4n) is 3.98. The van der Waals surface area contributed by atoms with E-state index in [2.05, 4.69) is 30.9 Å². The van der Waals surface area contributed by atoms with Crippen LogP contribution >= 0.6 is 0 Å². The Morgan fingerprint density at radius 1 is 1.07 bits per heavy atom. The average Bonchev–Trinajstić information content (AvgIpc) is 2.68. The third kappa shape index (κ3) is 7.57. The Kier molecular flexibility index (Phi) is 9.75. The van der Waals surface area contributed by atoms with Crippen molar-refractivity contribution < 1.29 is 13.5 Å². The van der Waals surface area contributed by atoms with Gasteiger partial charge in [-0.2, -0.15) is 0 Å². The molecule has 1 aliphatic carbocycles. The van der Waals surface area contributed by atoms with E-state index >= 15 is 0 Å². The molecule has 0 radical (unpaired) electrons. The minimum absolute atomic E-state index is 0.0187. The number of benzene rings is 1. The van der Waals surface area contributed by atoms with Crippen LogP contribution in [0.4, 0.5) is 8.78 Å². The molecular weight excluding hydrogens is 342 g/mol. The summed E-state index contributed by atoms with van der Waals surface area (Å²) in [7, 11) is 0. The van der Waals surface area contributed by atoms with Gasteiger partial charge in [0.05, 0.1) is 6.61 Å². The van der Waals surface area contributed by atoms with E-state index in [1.807, 2.05) is 25.1 Å². The smallest absolute Gasteiger partial charge is 0.264 e. The van der Waals surface area contributed by atoms with Crippen molar-refractivity contribution >= 4 is 0 Å². The fraction of sp³-hybridized carbons (Fsp3) is 0.583. The first kappa shape index (κ1) is 21.8. The minimum atomic E-state index is -2.42. The number of allylic oxidation sites excluding steroid dienone is 3. The van der Waals surface area contributed by atoms with Gasteiger partial charge in [-0.25, -0.2) is 8.78 Å². The summed E-state index contributed by atoms with van der Waals surface area (Å²) < 4.78 is 32.9. The second-order valence-corrected chi connectivity index (χ2v) is 7.68. The van der Waals surface area contributed by atoms with Gasteiger partial charge in [-0.05, 0) is 68.4 Å². The van der Waals surface area contributed by atoms with Crippen molar-refractivity contribution in [2.45, 2.75) is 77.4 Å². The molecule has 0 aromatic heterocycles. The van der Waals surface area contributed by atoms with Gasteiger partial charge >= 0.3 is 0 Å². The molecular formula is C24H34F2O. The van der Waals surface area contributed by atoms with E-state index in [-0.39, 0.29) is 12.5 Å². The molecule has 1 aliphatic rings. The van der Waals surface area contributed by atoms with Crippen LogP contribution in [0.25, 0.3) is 0 Å². The van der Waals surface area contributed by atoms with E-state index in [4.69, 9.17) is 4.74 Å². The lowest BCUT2D eigenvalue weighted by Crippen LogP contribution is -2.34. The highest BCUT2D eigenvalue weighted by atomic mass is 19.3. The molecule has 3 heteroatoms. The van der Waals surface area contributed by atoms with E-state index in [1.165, 1.54) is 12.0 Å². The molecule has 0 heterocycles. The standard InChI is InChI=1S/C24H34F2O/c1-3-5-7-9-20-14-16-22(17-15-20)23(24(25)26)27-18-21-12-10-19(11-13-21)8-6-4-2/h3-5,10-13,20,22-24H,2,6-9,14-18H2,1H3/b5-3+. The van der Waals surface area contributed by atoms with Gasteiger partial charge in [0, 0.05) is 0 Å². The largest absolute Gasteiger partial charge is 0.367 e. The van der Waals surface area contributed by atoms with Crippen LogP contribution in [0, 0.1) is 11.8 Å². The molecule has 1 aromatic carbocycles. The molecule has 1 fully saturated rings. The van der Waals surface area contributed by atoms with Crippen molar-refractivity contribution in [2.75, 3.05) is 0 Å². The van der Waals surface area contributed by atoms with Gasteiger partial charge in [-0.15, -0.1) is 6.58 Å². The summed E-state index contributed by atoms with van der Waals surface area (Å²) >= 11 is 0. The lowest BCUT2D eigenvalue weighted by molar-refractivity contribution is -0.102. The Hall–Kier alpha value is -1.48. The molecule has 1 aromatic rings. The molecule has 0 aliphatic heterocycles. The first-order valence-electron chi connectivity index (χ1n) is 10.3. The predicted octanol–water partition coefficient (Wildman–Crippen LogP) is 7.12. The van der Waals surface area contributed by atoms with Crippen LogP contribution in [0.5, 0.6) is 0 Å². The zero-order valence-electron chi connectivity index (χ0n) is 16.6. The molecule has 0 amide bonds. The molecule has 27 heavy (non-hydrogen) atoms. The summed E-state index contributed by atoms with van der Waals surface area (Å²) in [4.78, 5) is 0. The Morgan fingerprint density at radius 3 is 2.33 bits per heavy atom. The minimum Gasteiger partial charge on any atom is -0.367 e. The van der Waals surface area contributed by atoms with Crippen LogP contribution in [-0.4, -0.2) is 12.5 Å². The van der Waals surface area contributed by atoms with Gasteiger partial charge in [0.2, 0.25) is 0 Å². The third-order valence-corrected chi connectivity index (χ3v) is 5.68. The third-order valence-electron chi connectivity index (χ3n) is 5.68. The summed E-state index contributed by atoms with van der Waals surface area (Å²) in [6, 6.07) is 8.07. The molecule has 0 N–H and O–H groups in total. The van der Waals surface area contributed by atoms with Crippen LogP contribution in [0.15, 0.2) is 49.1 Å². The average molecular weight is 377 g/mol. The normalized spacial score (nSPS) is 21.6. The first-order chi connectivity index (χ1) is 13.1. The molecule has 1 saturated carbocycles. The Balaban J connectivity index is 1.81. The number of hydrogen-bond acceptors (Lipinski definition) is 1. The Morgan fingerprint density at radius 2 is 1.74 bits per heavy atom. The maximum atomic E-state index is 13.6. The highest BCUT2D eigenvalue weighted by molar-refractivity contribution is 5.22. The van der Waals surface area contributed by atoms with Crippen LogP contribution in [-0.2, 0) is 17.8 Å². The molecule has 0 bridgehead atoms. The van der Waals surface area contributed by atoms with Gasteiger partial charge < -0.3 is 4.74 Å². The van der Waals surface area contributed by atoms with E-state index in [9.17, 15) is 8.78 Å². The summed E-state index contributed by atoms with van der Waals surface area (Å²) in [5.74, 6) is 0.661.